The van der Waals surface area contributed by atoms with E-state index in [9.17, 15) is 9.18 Å². The average Bonchev–Trinajstić information content (AvgIpc) is 2.54. The second-order valence-corrected chi connectivity index (χ2v) is 5.36. The Morgan fingerprint density at radius 2 is 1.41 bits per heavy atom. The van der Waals surface area contributed by atoms with Gasteiger partial charge in [0.15, 0.2) is 0 Å². The van der Waals surface area contributed by atoms with Gasteiger partial charge in [-0.15, -0.1) is 0 Å². The number of carbonyl (C=O) groups is 1. The number of aliphatic carboxylic acids is 1. The van der Waals surface area contributed by atoms with Crippen LogP contribution in [0.3, 0.4) is 0 Å². The Labute approximate surface area is 130 Å². The molecule has 0 aliphatic carbocycles. The van der Waals surface area contributed by atoms with Crippen LogP contribution < -0.4 is 0 Å². The van der Waals surface area contributed by atoms with Crippen molar-refractivity contribution >= 4 is 5.97 Å². The lowest BCUT2D eigenvalue weighted by Crippen LogP contribution is -2.42. The molecule has 0 amide bonds. The summed E-state index contributed by atoms with van der Waals surface area (Å²) in [5.41, 5.74) is 2.06. The van der Waals surface area contributed by atoms with Crippen LogP contribution in [0.4, 0.5) is 4.39 Å². The highest BCUT2D eigenvalue weighted by atomic mass is 19.1. The van der Waals surface area contributed by atoms with Gasteiger partial charge in [-0.25, -0.2) is 9.18 Å². The van der Waals surface area contributed by atoms with Crippen molar-refractivity contribution in [2.75, 3.05) is 0 Å². The van der Waals surface area contributed by atoms with Gasteiger partial charge in [0.25, 0.3) is 0 Å². The Morgan fingerprint density at radius 3 is 1.77 bits per heavy atom. The lowest BCUT2D eigenvalue weighted by Gasteiger charge is -2.30. The standard InChI is InChI=1S/C18H20FNO2/c1-14(17(19)18(21)22)20(12-15-8-4-2-5-9-15)13-16-10-6-3-7-11-16/h2-11,14,17H,12-13H2,1H3,(H,21,22)/t14?,17-/m0/s1. The van der Waals surface area contributed by atoms with Crippen molar-refractivity contribution in [3.05, 3.63) is 71.8 Å². The van der Waals surface area contributed by atoms with E-state index in [0.29, 0.717) is 13.1 Å². The van der Waals surface area contributed by atoms with E-state index in [0.717, 1.165) is 11.1 Å². The Kier molecular flexibility index (Phi) is 5.67. The maximum Gasteiger partial charge on any atom is 0.339 e. The van der Waals surface area contributed by atoms with Gasteiger partial charge >= 0.3 is 5.97 Å². The summed E-state index contributed by atoms with van der Waals surface area (Å²) in [6.45, 7) is 2.62. The number of rotatable bonds is 7. The van der Waals surface area contributed by atoms with Crippen molar-refractivity contribution in [2.45, 2.75) is 32.2 Å². The van der Waals surface area contributed by atoms with E-state index in [-0.39, 0.29) is 0 Å². The van der Waals surface area contributed by atoms with Crippen LogP contribution in [0.25, 0.3) is 0 Å². The van der Waals surface area contributed by atoms with E-state index < -0.39 is 18.2 Å². The van der Waals surface area contributed by atoms with E-state index in [1.165, 1.54) is 0 Å². The predicted molar refractivity (Wildman–Crippen MR) is 84.1 cm³/mol. The molecule has 2 aromatic carbocycles. The Morgan fingerprint density at radius 1 is 1.00 bits per heavy atom. The van der Waals surface area contributed by atoms with E-state index in [1.54, 1.807) is 6.92 Å². The molecule has 2 rings (SSSR count). The van der Waals surface area contributed by atoms with Gasteiger partial charge in [0.2, 0.25) is 6.17 Å². The molecule has 0 aliphatic heterocycles. The summed E-state index contributed by atoms with van der Waals surface area (Å²) in [5, 5.41) is 8.93. The molecule has 0 heterocycles. The fourth-order valence-electron chi connectivity index (χ4n) is 2.37. The summed E-state index contributed by atoms with van der Waals surface area (Å²) >= 11 is 0. The van der Waals surface area contributed by atoms with Crippen molar-refractivity contribution in [1.29, 1.82) is 0 Å². The SMILES string of the molecule is CC([C@H](F)C(=O)O)N(Cc1ccccc1)Cc1ccccc1. The lowest BCUT2D eigenvalue weighted by molar-refractivity contribution is -0.145. The van der Waals surface area contributed by atoms with Crippen LogP contribution in [0.5, 0.6) is 0 Å². The van der Waals surface area contributed by atoms with Crippen LogP contribution in [0.15, 0.2) is 60.7 Å². The number of carboxylic acid groups (broad SMARTS) is 1. The number of halogens is 1. The molecule has 0 fully saturated rings. The summed E-state index contributed by atoms with van der Waals surface area (Å²) in [4.78, 5) is 12.8. The first-order valence-corrected chi connectivity index (χ1v) is 7.26. The van der Waals surface area contributed by atoms with E-state index in [2.05, 4.69) is 0 Å². The molecule has 0 aromatic heterocycles. The largest absolute Gasteiger partial charge is 0.479 e. The fourth-order valence-corrected chi connectivity index (χ4v) is 2.37. The minimum Gasteiger partial charge on any atom is -0.479 e. The average molecular weight is 301 g/mol. The maximum atomic E-state index is 13.9. The number of alkyl halides is 1. The summed E-state index contributed by atoms with van der Waals surface area (Å²) in [7, 11) is 0. The van der Waals surface area contributed by atoms with Gasteiger partial charge in [-0.1, -0.05) is 60.7 Å². The molecule has 4 heteroatoms. The monoisotopic (exact) mass is 301 g/mol. The van der Waals surface area contributed by atoms with E-state index in [4.69, 9.17) is 5.11 Å². The van der Waals surface area contributed by atoms with Crippen LogP contribution in [-0.4, -0.2) is 28.2 Å². The van der Waals surface area contributed by atoms with Gasteiger partial charge in [0.05, 0.1) is 0 Å². The molecule has 0 saturated carbocycles. The summed E-state index contributed by atoms with van der Waals surface area (Å²) in [5.74, 6) is -1.42. The number of benzene rings is 2. The molecule has 0 radical (unpaired) electrons. The van der Waals surface area contributed by atoms with Crippen molar-refractivity contribution in [3.8, 4) is 0 Å². The van der Waals surface area contributed by atoms with Crippen molar-refractivity contribution in [1.82, 2.24) is 4.90 Å². The Balaban J connectivity index is 2.18. The van der Waals surface area contributed by atoms with E-state index in [1.807, 2.05) is 65.6 Å². The molecule has 2 aromatic rings. The van der Waals surface area contributed by atoms with Gasteiger partial charge in [-0.2, -0.15) is 0 Å². The molecule has 0 bridgehead atoms. The summed E-state index contributed by atoms with van der Waals surface area (Å²) in [6, 6.07) is 18.6. The molecule has 3 nitrogen and oxygen atoms in total. The molecule has 0 saturated heterocycles. The highest BCUT2D eigenvalue weighted by molar-refractivity contribution is 5.73. The first-order valence-electron chi connectivity index (χ1n) is 7.26. The molecule has 1 unspecified atom stereocenters. The molecule has 0 spiro atoms. The molecular weight excluding hydrogens is 281 g/mol. The minimum absolute atomic E-state index is 0.505. The summed E-state index contributed by atoms with van der Waals surface area (Å²) in [6.07, 6.45) is -1.91. The van der Waals surface area contributed by atoms with Gasteiger partial charge in [-0.3, -0.25) is 4.90 Å². The highest BCUT2D eigenvalue weighted by Crippen LogP contribution is 2.17. The van der Waals surface area contributed by atoms with Crippen LogP contribution in [0, 0.1) is 0 Å². The zero-order valence-corrected chi connectivity index (χ0v) is 12.5. The fraction of sp³-hybridized carbons (Fsp3) is 0.278. The maximum absolute atomic E-state index is 13.9. The van der Waals surface area contributed by atoms with Crippen LogP contribution in [-0.2, 0) is 17.9 Å². The van der Waals surface area contributed by atoms with Crippen LogP contribution >= 0.6 is 0 Å². The van der Waals surface area contributed by atoms with Gasteiger partial charge < -0.3 is 5.11 Å². The first kappa shape index (κ1) is 16.2. The molecule has 116 valence electrons. The number of hydrogen-bond donors (Lipinski definition) is 1. The molecule has 0 aliphatic rings. The van der Waals surface area contributed by atoms with Gasteiger partial charge in [0.1, 0.15) is 0 Å². The first-order chi connectivity index (χ1) is 10.6. The van der Waals surface area contributed by atoms with Gasteiger partial charge in [0, 0.05) is 19.1 Å². The number of hydrogen-bond acceptors (Lipinski definition) is 2. The van der Waals surface area contributed by atoms with Crippen molar-refractivity contribution in [3.63, 3.8) is 0 Å². The molecular formula is C18H20FNO2. The quantitative estimate of drug-likeness (QED) is 0.851. The zero-order valence-electron chi connectivity index (χ0n) is 12.5. The second kappa shape index (κ2) is 7.71. The van der Waals surface area contributed by atoms with Gasteiger partial charge in [-0.05, 0) is 18.1 Å². The highest BCUT2D eigenvalue weighted by Gasteiger charge is 2.29. The third-order valence-electron chi connectivity index (χ3n) is 3.69. The van der Waals surface area contributed by atoms with Crippen LogP contribution in [0.1, 0.15) is 18.1 Å². The topological polar surface area (TPSA) is 40.5 Å². The molecule has 1 N–H and O–H groups in total. The van der Waals surface area contributed by atoms with E-state index >= 15 is 0 Å². The predicted octanol–water partition coefficient (Wildman–Crippen LogP) is 3.50. The third kappa shape index (κ3) is 4.40. The van der Waals surface area contributed by atoms with Crippen LogP contribution in [0.2, 0.25) is 0 Å². The lowest BCUT2D eigenvalue weighted by atomic mass is 10.1. The molecule has 2 atom stereocenters. The smallest absolute Gasteiger partial charge is 0.339 e. The number of carboxylic acids is 1. The van der Waals surface area contributed by atoms with Crippen molar-refractivity contribution in [2.24, 2.45) is 0 Å². The Hall–Kier alpha value is -2.20. The normalized spacial score (nSPS) is 13.8. The van der Waals surface area contributed by atoms with Crippen molar-refractivity contribution < 1.29 is 14.3 Å². The zero-order chi connectivity index (χ0) is 15.9. The Bertz CT molecular complexity index is 547. The molecule has 22 heavy (non-hydrogen) atoms. The minimum atomic E-state index is -1.91. The number of nitrogens with zero attached hydrogens (tertiary/aromatic N) is 1. The third-order valence-corrected chi connectivity index (χ3v) is 3.69. The summed E-state index contributed by atoms with van der Waals surface area (Å²) < 4.78 is 13.9. The second-order valence-electron chi connectivity index (χ2n) is 5.36.